The molecule has 2 nitrogen and oxygen atoms in total. The summed E-state index contributed by atoms with van der Waals surface area (Å²) in [4.78, 5) is 2.51. The zero-order valence-corrected chi connectivity index (χ0v) is 14.8. The first-order valence-electron chi connectivity index (χ1n) is 8.75. The number of rotatable bonds is 7. The average molecular weight is 310 g/mol. The van der Waals surface area contributed by atoms with Gasteiger partial charge in [0, 0.05) is 17.9 Å². The first kappa shape index (κ1) is 17.6. The number of hydrogen-bond acceptors (Lipinski definition) is 2. The molecule has 0 radical (unpaired) electrons. The van der Waals surface area contributed by atoms with Crippen molar-refractivity contribution in [1.82, 2.24) is 5.32 Å². The zero-order valence-electron chi connectivity index (χ0n) is 14.8. The number of allylic oxidation sites excluding steroid dienone is 6. The maximum absolute atomic E-state index is 3.26. The van der Waals surface area contributed by atoms with Crippen LogP contribution in [0.3, 0.4) is 0 Å². The molecule has 0 amide bonds. The smallest absolute Gasteiger partial charge is 0.0440 e. The second-order valence-electron chi connectivity index (χ2n) is 6.06. The number of nitrogens with zero attached hydrogens (tertiary/aromatic N) is 1. The van der Waals surface area contributed by atoms with E-state index in [9.17, 15) is 0 Å². The lowest BCUT2D eigenvalue weighted by atomic mass is 10.0. The van der Waals surface area contributed by atoms with E-state index in [0.29, 0.717) is 0 Å². The fraction of sp³-hybridized carbons (Fsp3) is 0.429. The third-order valence-corrected chi connectivity index (χ3v) is 4.45. The fourth-order valence-corrected chi connectivity index (χ4v) is 3.12. The maximum Gasteiger partial charge on any atom is 0.0440 e. The largest absolute Gasteiger partial charge is 0.345 e. The SMILES string of the molecule is C/C=C\C/C=C/C1=C(C)N(CCCNC)c2ccccc2CC1. The van der Waals surface area contributed by atoms with Gasteiger partial charge in [-0.05, 0) is 70.3 Å². The molecule has 0 aliphatic carbocycles. The summed E-state index contributed by atoms with van der Waals surface area (Å²) in [5.41, 5.74) is 5.73. The number of para-hydroxylation sites is 1. The van der Waals surface area contributed by atoms with E-state index in [-0.39, 0.29) is 0 Å². The third-order valence-electron chi connectivity index (χ3n) is 4.45. The van der Waals surface area contributed by atoms with Crippen LogP contribution in [0.2, 0.25) is 0 Å². The Balaban J connectivity index is 2.26. The first-order valence-corrected chi connectivity index (χ1v) is 8.75. The molecule has 1 N–H and O–H groups in total. The van der Waals surface area contributed by atoms with Crippen LogP contribution in [0.5, 0.6) is 0 Å². The molecule has 0 unspecified atom stereocenters. The molecule has 0 fully saturated rings. The fourth-order valence-electron chi connectivity index (χ4n) is 3.12. The van der Waals surface area contributed by atoms with E-state index >= 15 is 0 Å². The van der Waals surface area contributed by atoms with Crippen molar-refractivity contribution in [1.29, 1.82) is 0 Å². The molecule has 23 heavy (non-hydrogen) atoms. The van der Waals surface area contributed by atoms with Crippen LogP contribution in [0.15, 0.2) is 59.8 Å². The molecule has 1 aromatic carbocycles. The molecule has 0 saturated carbocycles. The lowest BCUT2D eigenvalue weighted by Crippen LogP contribution is -2.26. The third kappa shape index (κ3) is 4.84. The highest BCUT2D eigenvalue weighted by molar-refractivity contribution is 5.60. The van der Waals surface area contributed by atoms with E-state index in [4.69, 9.17) is 0 Å². The van der Waals surface area contributed by atoms with Crippen LogP contribution in [-0.2, 0) is 6.42 Å². The van der Waals surface area contributed by atoms with E-state index in [1.165, 1.54) is 22.5 Å². The van der Waals surface area contributed by atoms with Crippen molar-refractivity contribution in [2.75, 3.05) is 25.0 Å². The minimum atomic E-state index is 1.01. The summed E-state index contributed by atoms with van der Waals surface area (Å²) in [6.07, 6.45) is 13.3. The highest BCUT2D eigenvalue weighted by Gasteiger charge is 2.18. The molecule has 0 bridgehead atoms. The molecular formula is C21H30N2. The summed E-state index contributed by atoms with van der Waals surface area (Å²) < 4.78 is 0. The molecule has 2 heteroatoms. The molecule has 124 valence electrons. The van der Waals surface area contributed by atoms with E-state index in [2.05, 4.69) is 72.6 Å². The van der Waals surface area contributed by atoms with Gasteiger partial charge >= 0.3 is 0 Å². The number of fused-ring (bicyclic) bond motifs is 1. The number of nitrogens with one attached hydrogen (secondary N) is 1. The van der Waals surface area contributed by atoms with Crippen molar-refractivity contribution in [2.24, 2.45) is 0 Å². The Hall–Kier alpha value is -1.80. The highest BCUT2D eigenvalue weighted by atomic mass is 15.1. The summed E-state index contributed by atoms with van der Waals surface area (Å²) in [6.45, 7) is 6.47. The van der Waals surface area contributed by atoms with Crippen molar-refractivity contribution in [3.8, 4) is 0 Å². The molecule has 0 saturated heterocycles. The quantitative estimate of drug-likeness (QED) is 0.572. The minimum Gasteiger partial charge on any atom is -0.345 e. The summed E-state index contributed by atoms with van der Waals surface area (Å²) >= 11 is 0. The lowest BCUT2D eigenvalue weighted by Gasteiger charge is -2.27. The molecule has 2 rings (SSSR count). The van der Waals surface area contributed by atoms with Crippen LogP contribution < -0.4 is 10.2 Å². The second-order valence-corrected chi connectivity index (χ2v) is 6.06. The first-order chi connectivity index (χ1) is 11.3. The Morgan fingerprint density at radius 3 is 2.78 bits per heavy atom. The van der Waals surface area contributed by atoms with E-state index in [1.807, 2.05) is 7.05 Å². The van der Waals surface area contributed by atoms with Gasteiger partial charge in [0.25, 0.3) is 0 Å². The van der Waals surface area contributed by atoms with Crippen LogP contribution in [-0.4, -0.2) is 20.1 Å². The van der Waals surface area contributed by atoms with Gasteiger partial charge in [-0.3, -0.25) is 0 Å². The molecule has 0 spiro atoms. The van der Waals surface area contributed by atoms with Gasteiger partial charge in [-0.25, -0.2) is 0 Å². The summed E-state index contributed by atoms with van der Waals surface area (Å²) in [6, 6.07) is 8.86. The summed E-state index contributed by atoms with van der Waals surface area (Å²) in [5.74, 6) is 0. The van der Waals surface area contributed by atoms with Gasteiger partial charge < -0.3 is 10.2 Å². The summed E-state index contributed by atoms with van der Waals surface area (Å²) in [5, 5.41) is 3.26. The highest BCUT2D eigenvalue weighted by Crippen LogP contribution is 2.32. The molecule has 0 aromatic heterocycles. The molecule has 1 aromatic rings. The van der Waals surface area contributed by atoms with E-state index < -0.39 is 0 Å². The van der Waals surface area contributed by atoms with Crippen LogP contribution in [0, 0.1) is 0 Å². The monoisotopic (exact) mass is 310 g/mol. The predicted octanol–water partition coefficient (Wildman–Crippen LogP) is 4.85. The average Bonchev–Trinajstić information content (AvgIpc) is 2.70. The zero-order chi connectivity index (χ0) is 16.5. The predicted molar refractivity (Wildman–Crippen MR) is 102 cm³/mol. The maximum atomic E-state index is 3.26. The molecular weight excluding hydrogens is 280 g/mol. The normalized spacial score (nSPS) is 15.5. The van der Waals surface area contributed by atoms with Gasteiger partial charge in [0.2, 0.25) is 0 Å². The van der Waals surface area contributed by atoms with Gasteiger partial charge in [-0.15, -0.1) is 0 Å². The number of benzene rings is 1. The van der Waals surface area contributed by atoms with Crippen molar-refractivity contribution in [3.05, 3.63) is 65.4 Å². The molecule has 0 atom stereocenters. The number of aryl methyl sites for hydroxylation is 1. The minimum absolute atomic E-state index is 1.01. The standard InChI is InChI=1S/C21H30N2/c1-4-5-6-7-11-19-14-15-20-12-8-9-13-21(20)23(18(19)2)17-10-16-22-3/h4-5,7-9,11-13,22H,6,10,14-17H2,1-3H3/b5-4-,11-7+. The molecule has 1 aliphatic rings. The van der Waals surface area contributed by atoms with Crippen molar-refractivity contribution >= 4 is 5.69 Å². The molecule has 1 heterocycles. The van der Waals surface area contributed by atoms with Crippen LogP contribution in [0.4, 0.5) is 5.69 Å². The van der Waals surface area contributed by atoms with E-state index in [1.54, 1.807) is 0 Å². The lowest BCUT2D eigenvalue weighted by molar-refractivity contribution is 0.711. The van der Waals surface area contributed by atoms with Crippen molar-refractivity contribution in [3.63, 3.8) is 0 Å². The van der Waals surface area contributed by atoms with Crippen LogP contribution in [0.1, 0.15) is 38.7 Å². The van der Waals surface area contributed by atoms with E-state index in [0.717, 1.165) is 38.8 Å². The Bertz CT molecular complexity index is 581. The van der Waals surface area contributed by atoms with Gasteiger partial charge in [0.15, 0.2) is 0 Å². The summed E-state index contributed by atoms with van der Waals surface area (Å²) in [7, 11) is 2.02. The Morgan fingerprint density at radius 1 is 1.17 bits per heavy atom. The van der Waals surface area contributed by atoms with Gasteiger partial charge in [-0.1, -0.05) is 42.5 Å². The Labute approximate surface area is 141 Å². The topological polar surface area (TPSA) is 15.3 Å². The Morgan fingerprint density at radius 2 is 2.00 bits per heavy atom. The number of anilines is 1. The van der Waals surface area contributed by atoms with Crippen LogP contribution in [0.25, 0.3) is 0 Å². The van der Waals surface area contributed by atoms with Crippen LogP contribution >= 0.6 is 0 Å². The van der Waals surface area contributed by atoms with Gasteiger partial charge in [0.1, 0.15) is 0 Å². The molecule has 1 aliphatic heterocycles. The Kier molecular flexibility index (Phi) is 7.15. The van der Waals surface area contributed by atoms with Gasteiger partial charge in [0.05, 0.1) is 0 Å². The number of hydrogen-bond donors (Lipinski definition) is 1. The van der Waals surface area contributed by atoms with Gasteiger partial charge in [-0.2, -0.15) is 0 Å². The van der Waals surface area contributed by atoms with Crippen molar-refractivity contribution < 1.29 is 0 Å². The second kappa shape index (κ2) is 9.36. The van der Waals surface area contributed by atoms with Crippen molar-refractivity contribution in [2.45, 2.75) is 39.5 Å².